The van der Waals surface area contributed by atoms with Gasteiger partial charge in [0.15, 0.2) is 0 Å². The van der Waals surface area contributed by atoms with Crippen LogP contribution in [0, 0.1) is 17.6 Å². The minimum atomic E-state index is -0.943. The van der Waals surface area contributed by atoms with E-state index in [9.17, 15) is 18.7 Å². The van der Waals surface area contributed by atoms with Gasteiger partial charge in [0, 0.05) is 44.7 Å². The maximum absolute atomic E-state index is 14.1. The second-order valence-electron chi connectivity index (χ2n) is 6.44. The number of methoxy groups -OCH3 is 1. The molecule has 0 bridgehead atoms. The number of rotatable bonds is 4. The number of aryl methyl sites for hydroxylation is 1. The topological polar surface area (TPSA) is 67.6 Å². The van der Waals surface area contributed by atoms with E-state index in [1.165, 1.54) is 12.0 Å². The van der Waals surface area contributed by atoms with Crippen LogP contribution in [0.5, 0.6) is 5.75 Å². The molecule has 0 unspecified atom stereocenters. The van der Waals surface area contributed by atoms with Crippen LogP contribution in [0.2, 0.25) is 0 Å². The lowest BCUT2D eigenvalue weighted by molar-refractivity contribution is 0.0414. The summed E-state index contributed by atoms with van der Waals surface area (Å²) in [7, 11) is 3.10. The van der Waals surface area contributed by atoms with E-state index in [0.717, 1.165) is 12.1 Å². The number of hydrogen-bond donors (Lipinski definition) is 1. The van der Waals surface area contributed by atoms with Crippen LogP contribution in [0.15, 0.2) is 24.5 Å². The third-order valence-corrected chi connectivity index (χ3v) is 4.86. The van der Waals surface area contributed by atoms with Gasteiger partial charge in [-0.3, -0.25) is 4.79 Å². The monoisotopic (exact) mass is 365 g/mol. The van der Waals surface area contributed by atoms with Crippen molar-refractivity contribution in [2.75, 3.05) is 20.2 Å². The molecule has 1 aromatic heterocycles. The van der Waals surface area contributed by atoms with Crippen molar-refractivity contribution in [1.29, 1.82) is 0 Å². The van der Waals surface area contributed by atoms with Gasteiger partial charge in [0.25, 0.3) is 5.91 Å². The lowest BCUT2D eigenvalue weighted by Gasteiger charge is -2.34. The number of aliphatic hydroxyl groups excluding tert-OH is 1. The molecule has 6 nitrogen and oxygen atoms in total. The number of halogens is 2. The van der Waals surface area contributed by atoms with Crippen LogP contribution < -0.4 is 4.74 Å². The van der Waals surface area contributed by atoms with Crippen molar-refractivity contribution >= 4 is 5.91 Å². The first-order valence-electron chi connectivity index (χ1n) is 8.40. The largest absolute Gasteiger partial charge is 0.497 e. The Bertz CT molecular complexity index is 778. The molecule has 140 valence electrons. The van der Waals surface area contributed by atoms with Gasteiger partial charge in [-0.05, 0) is 18.8 Å². The van der Waals surface area contributed by atoms with Crippen LogP contribution in [0.1, 0.15) is 35.1 Å². The number of ether oxygens (including phenoxy) is 1. The van der Waals surface area contributed by atoms with Gasteiger partial charge in [0.2, 0.25) is 0 Å². The minimum absolute atomic E-state index is 0.0217. The number of piperidine rings is 1. The molecule has 1 aliphatic heterocycles. The smallest absolute Gasteiger partial charge is 0.259 e. The number of amides is 1. The summed E-state index contributed by atoms with van der Waals surface area (Å²) in [6, 6.07) is 1.99. The van der Waals surface area contributed by atoms with Gasteiger partial charge in [0.05, 0.1) is 7.11 Å². The fourth-order valence-electron chi connectivity index (χ4n) is 3.32. The zero-order valence-corrected chi connectivity index (χ0v) is 14.7. The number of aromatic nitrogens is 2. The Morgan fingerprint density at radius 3 is 2.42 bits per heavy atom. The van der Waals surface area contributed by atoms with E-state index < -0.39 is 29.2 Å². The summed E-state index contributed by atoms with van der Waals surface area (Å²) in [5.74, 6) is -2.04. The van der Waals surface area contributed by atoms with Crippen molar-refractivity contribution in [3.05, 3.63) is 47.5 Å². The normalized spacial score (nSPS) is 16.6. The van der Waals surface area contributed by atoms with Gasteiger partial charge in [-0.25, -0.2) is 13.8 Å². The Balaban J connectivity index is 1.68. The average Bonchev–Trinajstić information content (AvgIpc) is 3.06. The zero-order chi connectivity index (χ0) is 18.8. The fourth-order valence-corrected chi connectivity index (χ4v) is 3.32. The Labute approximate surface area is 150 Å². The molecular formula is C18H21F2N3O3. The van der Waals surface area contributed by atoms with E-state index in [1.54, 1.807) is 24.0 Å². The molecule has 1 N–H and O–H groups in total. The highest BCUT2D eigenvalue weighted by Gasteiger charge is 2.32. The first-order valence-corrected chi connectivity index (χ1v) is 8.40. The second kappa shape index (κ2) is 7.41. The number of imidazole rings is 1. The SMILES string of the molecule is COc1cc(F)c(C(=O)N2CCC([C@@H](O)c3nccn3C)CC2)c(F)c1. The summed E-state index contributed by atoms with van der Waals surface area (Å²) in [5, 5.41) is 10.5. The first kappa shape index (κ1) is 18.3. The summed E-state index contributed by atoms with van der Waals surface area (Å²) in [6.07, 6.45) is 3.69. The second-order valence-corrected chi connectivity index (χ2v) is 6.44. The maximum atomic E-state index is 14.1. The molecule has 0 saturated carbocycles. The number of likely N-dealkylation sites (tertiary alicyclic amines) is 1. The predicted octanol–water partition coefficient (Wildman–Crippen LogP) is 2.29. The molecule has 3 rings (SSSR count). The van der Waals surface area contributed by atoms with Gasteiger partial charge in [0.1, 0.15) is 34.9 Å². The van der Waals surface area contributed by atoms with Crippen LogP contribution in [-0.4, -0.2) is 45.7 Å². The van der Waals surface area contributed by atoms with Gasteiger partial charge < -0.3 is 19.3 Å². The third kappa shape index (κ3) is 3.41. The molecule has 8 heteroatoms. The van der Waals surface area contributed by atoms with E-state index in [0.29, 0.717) is 31.8 Å². The van der Waals surface area contributed by atoms with Crippen molar-refractivity contribution in [3.8, 4) is 5.75 Å². The molecule has 2 aromatic rings. The van der Waals surface area contributed by atoms with Crippen molar-refractivity contribution in [2.24, 2.45) is 13.0 Å². The third-order valence-electron chi connectivity index (χ3n) is 4.86. The predicted molar refractivity (Wildman–Crippen MR) is 89.7 cm³/mol. The molecule has 1 saturated heterocycles. The number of carbonyl (C=O) groups is 1. The van der Waals surface area contributed by atoms with Gasteiger partial charge in [-0.1, -0.05) is 0 Å². The van der Waals surface area contributed by atoms with Crippen LogP contribution in [0.25, 0.3) is 0 Å². The molecule has 1 amide bonds. The Kier molecular flexibility index (Phi) is 5.22. The van der Waals surface area contributed by atoms with Crippen molar-refractivity contribution in [3.63, 3.8) is 0 Å². The molecule has 1 atom stereocenters. The quantitative estimate of drug-likeness (QED) is 0.903. The van der Waals surface area contributed by atoms with Gasteiger partial charge in [-0.15, -0.1) is 0 Å². The molecule has 0 radical (unpaired) electrons. The van der Waals surface area contributed by atoms with E-state index >= 15 is 0 Å². The summed E-state index contributed by atoms with van der Waals surface area (Å²) in [6.45, 7) is 0.631. The molecule has 1 aromatic carbocycles. The average molecular weight is 365 g/mol. The lowest BCUT2D eigenvalue weighted by Crippen LogP contribution is -2.40. The molecule has 2 heterocycles. The van der Waals surface area contributed by atoms with E-state index in [2.05, 4.69) is 4.98 Å². The van der Waals surface area contributed by atoms with Crippen molar-refractivity contribution in [2.45, 2.75) is 18.9 Å². The maximum Gasteiger partial charge on any atom is 0.259 e. The lowest BCUT2D eigenvalue weighted by atomic mass is 9.90. The van der Waals surface area contributed by atoms with Crippen LogP contribution >= 0.6 is 0 Å². The van der Waals surface area contributed by atoms with Gasteiger partial charge >= 0.3 is 0 Å². The highest BCUT2D eigenvalue weighted by Crippen LogP contribution is 2.31. The number of nitrogens with zero attached hydrogens (tertiary/aromatic N) is 3. The number of hydrogen-bond acceptors (Lipinski definition) is 4. The number of benzene rings is 1. The summed E-state index contributed by atoms with van der Waals surface area (Å²) in [4.78, 5) is 18.1. The highest BCUT2D eigenvalue weighted by molar-refractivity contribution is 5.95. The van der Waals surface area contributed by atoms with E-state index in [1.807, 2.05) is 0 Å². The molecule has 0 spiro atoms. The van der Waals surface area contributed by atoms with Crippen LogP contribution in [0.3, 0.4) is 0 Å². The Morgan fingerprint density at radius 1 is 1.31 bits per heavy atom. The van der Waals surface area contributed by atoms with E-state index in [4.69, 9.17) is 4.74 Å². The molecule has 1 fully saturated rings. The van der Waals surface area contributed by atoms with Crippen molar-refractivity contribution in [1.82, 2.24) is 14.5 Å². The fraction of sp³-hybridized carbons (Fsp3) is 0.444. The number of aliphatic hydroxyl groups is 1. The van der Waals surface area contributed by atoms with Gasteiger partial charge in [-0.2, -0.15) is 0 Å². The number of carbonyl (C=O) groups excluding carboxylic acids is 1. The molecule has 1 aliphatic rings. The first-order chi connectivity index (χ1) is 12.4. The summed E-state index contributed by atoms with van der Waals surface area (Å²) in [5.41, 5.74) is -0.575. The molecular weight excluding hydrogens is 344 g/mol. The summed E-state index contributed by atoms with van der Waals surface area (Å²) >= 11 is 0. The summed E-state index contributed by atoms with van der Waals surface area (Å²) < 4.78 is 34.8. The Morgan fingerprint density at radius 2 is 1.92 bits per heavy atom. The highest BCUT2D eigenvalue weighted by atomic mass is 19.1. The van der Waals surface area contributed by atoms with E-state index in [-0.39, 0.29) is 11.7 Å². The standard InChI is InChI=1S/C18H21F2N3O3/c1-22-8-5-21-17(22)16(24)11-3-6-23(7-4-11)18(25)15-13(19)9-12(26-2)10-14(15)20/h5,8-11,16,24H,3-4,6-7H2,1-2H3/t16-/m1/s1. The minimum Gasteiger partial charge on any atom is -0.497 e. The van der Waals surface area contributed by atoms with Crippen LogP contribution in [-0.2, 0) is 7.05 Å². The van der Waals surface area contributed by atoms with Crippen LogP contribution in [0.4, 0.5) is 8.78 Å². The Hall–Kier alpha value is -2.48. The molecule has 26 heavy (non-hydrogen) atoms. The zero-order valence-electron chi connectivity index (χ0n) is 14.7. The van der Waals surface area contributed by atoms with Crippen molar-refractivity contribution < 1.29 is 23.4 Å². The molecule has 0 aliphatic carbocycles.